The summed E-state index contributed by atoms with van der Waals surface area (Å²) in [7, 11) is 1.43. The third-order valence-electron chi connectivity index (χ3n) is 5.37. The van der Waals surface area contributed by atoms with Crippen LogP contribution in [0.4, 0.5) is 4.79 Å². The molecule has 1 aliphatic carbocycles. The molecule has 33 heavy (non-hydrogen) atoms. The third kappa shape index (κ3) is 6.72. The lowest BCUT2D eigenvalue weighted by atomic mass is 9.98. The van der Waals surface area contributed by atoms with E-state index in [1.807, 2.05) is 24.3 Å². The highest BCUT2D eigenvalue weighted by Crippen LogP contribution is 2.44. The minimum absolute atomic E-state index is 0.00631. The summed E-state index contributed by atoms with van der Waals surface area (Å²) in [5.41, 5.74) is 4.61. The van der Waals surface area contributed by atoms with Crippen molar-refractivity contribution in [3.63, 3.8) is 0 Å². The van der Waals surface area contributed by atoms with Gasteiger partial charge in [-0.05, 0) is 22.3 Å². The SMILES string of the molecule is COC(CCNC(=O)OCC1c2ccccc2-c2ccccc21)C(=O)NCCSCC(=O)O. The fourth-order valence-corrected chi connectivity index (χ4v) is 4.40. The first-order chi connectivity index (χ1) is 16.0. The van der Waals surface area contributed by atoms with Crippen LogP contribution in [0.1, 0.15) is 23.5 Å². The Labute approximate surface area is 197 Å². The molecular formula is C24H28N2O6S. The maximum atomic E-state index is 12.2. The van der Waals surface area contributed by atoms with Gasteiger partial charge < -0.3 is 25.2 Å². The fraction of sp³-hybridized carbons (Fsp3) is 0.375. The molecule has 176 valence electrons. The highest BCUT2D eigenvalue weighted by atomic mass is 32.2. The topological polar surface area (TPSA) is 114 Å². The lowest BCUT2D eigenvalue weighted by Crippen LogP contribution is -2.39. The molecule has 0 saturated carbocycles. The summed E-state index contributed by atoms with van der Waals surface area (Å²) in [6.45, 7) is 0.787. The van der Waals surface area contributed by atoms with E-state index in [1.165, 1.54) is 18.9 Å². The van der Waals surface area contributed by atoms with Crippen LogP contribution in [-0.2, 0) is 19.1 Å². The largest absolute Gasteiger partial charge is 0.481 e. The number of alkyl carbamates (subject to hydrolysis) is 1. The first kappa shape index (κ1) is 24.6. The van der Waals surface area contributed by atoms with Gasteiger partial charge in [0.2, 0.25) is 5.91 Å². The van der Waals surface area contributed by atoms with Gasteiger partial charge >= 0.3 is 12.1 Å². The molecule has 3 rings (SSSR count). The number of carbonyl (C=O) groups is 3. The van der Waals surface area contributed by atoms with Crippen LogP contribution in [0.3, 0.4) is 0 Å². The summed E-state index contributed by atoms with van der Waals surface area (Å²) in [4.78, 5) is 34.9. The van der Waals surface area contributed by atoms with Crippen LogP contribution in [0.5, 0.6) is 0 Å². The van der Waals surface area contributed by atoms with Crippen LogP contribution in [0, 0.1) is 0 Å². The second-order valence-corrected chi connectivity index (χ2v) is 8.61. The Morgan fingerprint density at radius 1 is 1.00 bits per heavy atom. The molecule has 2 amide bonds. The molecule has 0 fully saturated rings. The Balaban J connectivity index is 1.41. The number of thioether (sulfide) groups is 1. The van der Waals surface area contributed by atoms with E-state index < -0.39 is 18.2 Å². The smallest absolute Gasteiger partial charge is 0.407 e. The van der Waals surface area contributed by atoms with E-state index in [0.717, 1.165) is 22.3 Å². The molecule has 0 aromatic heterocycles. The van der Waals surface area contributed by atoms with Crippen molar-refractivity contribution in [2.75, 3.05) is 38.3 Å². The fourth-order valence-electron chi connectivity index (χ4n) is 3.83. The summed E-state index contributed by atoms with van der Waals surface area (Å²) >= 11 is 1.22. The highest BCUT2D eigenvalue weighted by Gasteiger charge is 2.29. The van der Waals surface area contributed by atoms with E-state index in [4.69, 9.17) is 14.6 Å². The summed E-state index contributed by atoms with van der Waals surface area (Å²) in [6.07, 6.45) is -0.977. The highest BCUT2D eigenvalue weighted by molar-refractivity contribution is 7.99. The zero-order chi connectivity index (χ0) is 23.6. The van der Waals surface area contributed by atoms with Crippen molar-refractivity contribution in [1.29, 1.82) is 0 Å². The van der Waals surface area contributed by atoms with Gasteiger partial charge in [0, 0.05) is 38.3 Å². The van der Waals surface area contributed by atoms with Gasteiger partial charge in [-0.2, -0.15) is 0 Å². The predicted molar refractivity (Wildman–Crippen MR) is 126 cm³/mol. The molecule has 2 aromatic rings. The van der Waals surface area contributed by atoms with Crippen molar-refractivity contribution in [2.24, 2.45) is 0 Å². The molecule has 8 nitrogen and oxygen atoms in total. The maximum absolute atomic E-state index is 12.2. The number of methoxy groups -OCH3 is 1. The molecule has 0 aliphatic heterocycles. The van der Waals surface area contributed by atoms with Gasteiger partial charge in [0.05, 0.1) is 5.75 Å². The van der Waals surface area contributed by atoms with Crippen molar-refractivity contribution in [1.82, 2.24) is 10.6 Å². The van der Waals surface area contributed by atoms with Crippen molar-refractivity contribution in [3.8, 4) is 11.1 Å². The second kappa shape index (κ2) is 12.3. The van der Waals surface area contributed by atoms with Crippen molar-refractivity contribution < 1.29 is 29.0 Å². The Morgan fingerprint density at radius 2 is 1.64 bits per heavy atom. The normalized spacial score (nSPS) is 13.0. The molecule has 0 saturated heterocycles. The molecule has 0 spiro atoms. The molecule has 3 N–H and O–H groups in total. The standard InChI is InChI=1S/C24H28N2O6S/c1-31-21(23(29)25-12-13-33-15-22(27)28)10-11-26-24(30)32-14-20-18-8-4-2-6-16(18)17-7-3-5-9-19(17)20/h2-9,20-21H,10-15H2,1H3,(H,25,29)(H,26,30)(H,27,28). The van der Waals surface area contributed by atoms with Crippen molar-refractivity contribution in [3.05, 3.63) is 59.7 Å². The Kier molecular flexibility index (Phi) is 9.14. The van der Waals surface area contributed by atoms with Gasteiger partial charge in [0.1, 0.15) is 12.7 Å². The molecule has 2 aromatic carbocycles. The molecular weight excluding hydrogens is 444 g/mol. The van der Waals surface area contributed by atoms with E-state index in [1.54, 1.807) is 0 Å². The summed E-state index contributed by atoms with van der Waals surface area (Å²) < 4.78 is 10.7. The van der Waals surface area contributed by atoms with Crippen LogP contribution in [0.25, 0.3) is 11.1 Å². The monoisotopic (exact) mass is 472 g/mol. The Hall–Kier alpha value is -3.04. The molecule has 9 heteroatoms. The number of benzene rings is 2. The number of carboxylic acids is 1. The minimum atomic E-state index is -0.889. The number of carboxylic acid groups (broad SMARTS) is 1. The van der Waals surface area contributed by atoms with Crippen LogP contribution in [-0.4, -0.2) is 67.5 Å². The number of rotatable bonds is 12. The van der Waals surface area contributed by atoms with Gasteiger partial charge in [-0.3, -0.25) is 9.59 Å². The maximum Gasteiger partial charge on any atom is 0.407 e. The lowest BCUT2D eigenvalue weighted by molar-refractivity contribution is -0.134. The molecule has 0 radical (unpaired) electrons. The molecule has 1 atom stereocenters. The Bertz CT molecular complexity index is 937. The van der Waals surface area contributed by atoms with Crippen LogP contribution >= 0.6 is 11.8 Å². The molecule has 1 aliphatic rings. The number of hydrogen-bond donors (Lipinski definition) is 3. The first-order valence-corrected chi connectivity index (χ1v) is 11.9. The minimum Gasteiger partial charge on any atom is -0.481 e. The quantitative estimate of drug-likeness (QED) is 0.407. The third-order valence-corrected chi connectivity index (χ3v) is 6.31. The van der Waals surface area contributed by atoms with Crippen LogP contribution in [0.15, 0.2) is 48.5 Å². The van der Waals surface area contributed by atoms with E-state index >= 15 is 0 Å². The van der Waals surface area contributed by atoms with E-state index in [0.29, 0.717) is 12.3 Å². The van der Waals surface area contributed by atoms with E-state index in [2.05, 4.69) is 34.9 Å². The van der Waals surface area contributed by atoms with Crippen LogP contribution in [0.2, 0.25) is 0 Å². The lowest BCUT2D eigenvalue weighted by Gasteiger charge is -2.17. The Morgan fingerprint density at radius 3 is 2.24 bits per heavy atom. The van der Waals surface area contributed by atoms with Crippen LogP contribution < -0.4 is 10.6 Å². The molecule has 1 unspecified atom stereocenters. The number of nitrogens with one attached hydrogen (secondary N) is 2. The number of carbonyl (C=O) groups excluding carboxylic acids is 2. The average molecular weight is 473 g/mol. The molecule has 0 heterocycles. The number of aliphatic carboxylic acids is 1. The summed E-state index contributed by atoms with van der Waals surface area (Å²) in [5, 5.41) is 14.0. The second-order valence-electron chi connectivity index (χ2n) is 7.50. The number of fused-ring (bicyclic) bond motifs is 3. The van der Waals surface area contributed by atoms with E-state index in [9.17, 15) is 14.4 Å². The molecule has 0 bridgehead atoms. The number of ether oxygens (including phenoxy) is 2. The van der Waals surface area contributed by atoms with Gasteiger partial charge in [-0.15, -0.1) is 11.8 Å². The average Bonchev–Trinajstić information content (AvgIpc) is 3.13. The zero-order valence-corrected chi connectivity index (χ0v) is 19.2. The number of hydrogen-bond acceptors (Lipinski definition) is 6. The van der Waals surface area contributed by atoms with E-state index in [-0.39, 0.29) is 37.2 Å². The van der Waals surface area contributed by atoms with Gasteiger partial charge in [0.25, 0.3) is 0 Å². The van der Waals surface area contributed by atoms with Gasteiger partial charge in [0.15, 0.2) is 0 Å². The summed E-state index contributed by atoms with van der Waals surface area (Å²) in [6, 6.07) is 16.2. The first-order valence-electron chi connectivity index (χ1n) is 10.7. The van der Waals surface area contributed by atoms with Crippen molar-refractivity contribution >= 4 is 29.7 Å². The van der Waals surface area contributed by atoms with Crippen molar-refractivity contribution in [2.45, 2.75) is 18.4 Å². The number of amides is 2. The van der Waals surface area contributed by atoms with Gasteiger partial charge in [-0.1, -0.05) is 48.5 Å². The van der Waals surface area contributed by atoms with Gasteiger partial charge in [-0.25, -0.2) is 4.79 Å². The zero-order valence-electron chi connectivity index (χ0n) is 18.4. The predicted octanol–water partition coefficient (Wildman–Crippen LogP) is 2.86. The summed E-state index contributed by atoms with van der Waals surface area (Å²) in [5.74, 6) is -0.720.